The average molecular weight is 185 g/mol. The molecule has 78 valence electrons. The summed E-state index contributed by atoms with van der Waals surface area (Å²) in [5, 5.41) is 3.37. The Morgan fingerprint density at radius 3 is 2.31 bits per heavy atom. The molecule has 2 heteroatoms. The summed E-state index contributed by atoms with van der Waals surface area (Å²) in [4.78, 5) is 0. The predicted octanol–water partition coefficient (Wildman–Crippen LogP) is 2.19. The molecule has 2 saturated heterocycles. The van der Waals surface area contributed by atoms with Gasteiger partial charge in [0, 0.05) is 6.61 Å². The quantitative estimate of drug-likeness (QED) is 0.624. The number of piperidine rings is 1. The monoisotopic (exact) mass is 185 g/mol. The van der Waals surface area contributed by atoms with Crippen LogP contribution in [0.5, 0.6) is 0 Å². The number of ether oxygens (including phenoxy) is 1. The summed E-state index contributed by atoms with van der Waals surface area (Å²) < 4.78 is 5.85. The van der Waals surface area contributed by atoms with E-state index in [0.29, 0.717) is 0 Å². The van der Waals surface area contributed by atoms with Crippen molar-refractivity contribution in [3.05, 3.63) is 0 Å². The Morgan fingerprint density at radius 2 is 1.85 bits per heavy atom. The van der Waals surface area contributed by atoms with E-state index in [1.807, 2.05) is 13.8 Å². The smallest absolute Gasteiger partial charge is 0.0710 e. The van der Waals surface area contributed by atoms with Gasteiger partial charge in [-0.05, 0) is 38.3 Å². The molecule has 1 spiro atoms. The zero-order valence-electron chi connectivity index (χ0n) is 9.23. The number of hydrogen-bond acceptors (Lipinski definition) is 2. The maximum absolute atomic E-state index is 5.85. The van der Waals surface area contributed by atoms with Gasteiger partial charge in [0.2, 0.25) is 0 Å². The fraction of sp³-hybridized carbons (Fsp3) is 1.00. The van der Waals surface area contributed by atoms with E-state index in [1.54, 1.807) is 0 Å². The second-order valence-electron chi connectivity index (χ2n) is 4.05. The first kappa shape index (κ1) is 11.0. The fourth-order valence-electron chi connectivity index (χ4n) is 2.30. The Morgan fingerprint density at radius 1 is 1.23 bits per heavy atom. The maximum atomic E-state index is 5.85. The lowest BCUT2D eigenvalue weighted by molar-refractivity contribution is -0.0195. The molecule has 0 aromatic rings. The van der Waals surface area contributed by atoms with Crippen LogP contribution in [0.3, 0.4) is 0 Å². The van der Waals surface area contributed by atoms with Crippen LogP contribution in [0.1, 0.15) is 40.0 Å². The molecule has 2 nitrogen and oxygen atoms in total. The summed E-state index contributed by atoms with van der Waals surface area (Å²) in [7, 11) is 0. The third-order valence-corrected chi connectivity index (χ3v) is 2.91. The molecule has 1 N–H and O–H groups in total. The van der Waals surface area contributed by atoms with Crippen molar-refractivity contribution in [1.82, 2.24) is 5.32 Å². The van der Waals surface area contributed by atoms with E-state index < -0.39 is 0 Å². The van der Waals surface area contributed by atoms with Crippen molar-refractivity contribution in [1.29, 1.82) is 0 Å². The molecule has 0 radical (unpaired) electrons. The molecule has 0 aliphatic carbocycles. The van der Waals surface area contributed by atoms with E-state index in [1.165, 1.54) is 19.3 Å². The highest BCUT2D eigenvalue weighted by molar-refractivity contribution is 4.91. The SMILES string of the molecule is CC.CC1COC2(CCNCC2)C1. The molecule has 2 heterocycles. The van der Waals surface area contributed by atoms with Gasteiger partial charge in [0.1, 0.15) is 0 Å². The second-order valence-corrected chi connectivity index (χ2v) is 4.05. The van der Waals surface area contributed by atoms with Crippen molar-refractivity contribution in [2.24, 2.45) is 5.92 Å². The second kappa shape index (κ2) is 4.97. The first-order valence-corrected chi connectivity index (χ1v) is 5.65. The Kier molecular flexibility index (Phi) is 4.20. The lowest BCUT2D eigenvalue weighted by atomic mass is 9.87. The zero-order chi connectivity index (χ0) is 9.73. The van der Waals surface area contributed by atoms with Gasteiger partial charge in [-0.15, -0.1) is 0 Å². The number of nitrogens with one attached hydrogen (secondary N) is 1. The Hall–Kier alpha value is -0.0800. The van der Waals surface area contributed by atoms with Gasteiger partial charge in [0.25, 0.3) is 0 Å². The van der Waals surface area contributed by atoms with E-state index in [-0.39, 0.29) is 5.60 Å². The molecule has 0 saturated carbocycles. The minimum atomic E-state index is 0.282. The highest BCUT2D eigenvalue weighted by atomic mass is 16.5. The van der Waals surface area contributed by atoms with E-state index in [9.17, 15) is 0 Å². The van der Waals surface area contributed by atoms with Crippen LogP contribution in [0, 0.1) is 5.92 Å². The molecule has 0 bridgehead atoms. The van der Waals surface area contributed by atoms with Crippen molar-refractivity contribution in [2.45, 2.75) is 45.6 Å². The summed E-state index contributed by atoms with van der Waals surface area (Å²) in [5.74, 6) is 0.785. The van der Waals surface area contributed by atoms with Crippen molar-refractivity contribution in [2.75, 3.05) is 19.7 Å². The molecule has 2 rings (SSSR count). The van der Waals surface area contributed by atoms with Gasteiger partial charge in [-0.25, -0.2) is 0 Å². The van der Waals surface area contributed by atoms with Crippen LogP contribution in [0.15, 0.2) is 0 Å². The van der Waals surface area contributed by atoms with Crippen LogP contribution < -0.4 is 5.32 Å². The molecular weight excluding hydrogens is 162 g/mol. The van der Waals surface area contributed by atoms with Crippen LogP contribution in [-0.2, 0) is 4.74 Å². The summed E-state index contributed by atoms with van der Waals surface area (Å²) >= 11 is 0. The van der Waals surface area contributed by atoms with E-state index in [0.717, 1.165) is 25.6 Å². The summed E-state index contributed by atoms with van der Waals surface area (Å²) in [6.07, 6.45) is 3.73. The first-order valence-electron chi connectivity index (χ1n) is 5.65. The minimum absolute atomic E-state index is 0.282. The van der Waals surface area contributed by atoms with Crippen molar-refractivity contribution in [3.8, 4) is 0 Å². The average Bonchev–Trinajstić information content (AvgIpc) is 2.52. The topological polar surface area (TPSA) is 21.3 Å². The van der Waals surface area contributed by atoms with Gasteiger partial charge in [0.15, 0.2) is 0 Å². The Labute approximate surface area is 82.0 Å². The highest BCUT2D eigenvalue weighted by Gasteiger charge is 2.39. The molecule has 0 aromatic heterocycles. The maximum Gasteiger partial charge on any atom is 0.0710 e. The molecule has 1 unspecified atom stereocenters. The van der Waals surface area contributed by atoms with Crippen molar-refractivity contribution < 1.29 is 4.74 Å². The van der Waals surface area contributed by atoms with Gasteiger partial charge in [0.05, 0.1) is 5.60 Å². The number of rotatable bonds is 0. The van der Waals surface area contributed by atoms with Crippen LogP contribution in [-0.4, -0.2) is 25.3 Å². The molecular formula is C11H23NO. The third-order valence-electron chi connectivity index (χ3n) is 2.91. The Bertz CT molecular complexity index is 136. The molecule has 0 amide bonds. The predicted molar refractivity (Wildman–Crippen MR) is 55.9 cm³/mol. The molecule has 2 aliphatic rings. The van der Waals surface area contributed by atoms with Gasteiger partial charge in [-0.2, -0.15) is 0 Å². The molecule has 2 fully saturated rings. The lowest BCUT2D eigenvalue weighted by Crippen LogP contribution is -2.41. The number of hydrogen-bond donors (Lipinski definition) is 1. The van der Waals surface area contributed by atoms with Crippen LogP contribution in [0.25, 0.3) is 0 Å². The standard InChI is InChI=1S/C9H17NO.C2H6/c1-8-6-9(11-7-8)2-4-10-5-3-9;1-2/h8,10H,2-7H2,1H3;1-2H3. The normalized spacial score (nSPS) is 31.2. The Balaban J connectivity index is 0.000000396. The van der Waals surface area contributed by atoms with Crippen LogP contribution in [0.2, 0.25) is 0 Å². The lowest BCUT2D eigenvalue weighted by Gasteiger charge is -2.32. The zero-order valence-corrected chi connectivity index (χ0v) is 9.23. The molecule has 2 aliphatic heterocycles. The molecule has 0 aromatic carbocycles. The fourth-order valence-corrected chi connectivity index (χ4v) is 2.30. The summed E-state index contributed by atoms with van der Waals surface area (Å²) in [6, 6.07) is 0. The minimum Gasteiger partial charge on any atom is -0.375 e. The highest BCUT2D eigenvalue weighted by Crippen LogP contribution is 2.36. The van der Waals surface area contributed by atoms with Gasteiger partial charge in [-0.1, -0.05) is 20.8 Å². The van der Waals surface area contributed by atoms with Crippen molar-refractivity contribution >= 4 is 0 Å². The largest absolute Gasteiger partial charge is 0.375 e. The summed E-state index contributed by atoms with van der Waals surface area (Å²) in [6.45, 7) is 9.57. The third kappa shape index (κ3) is 2.68. The van der Waals surface area contributed by atoms with Crippen molar-refractivity contribution in [3.63, 3.8) is 0 Å². The van der Waals surface area contributed by atoms with Gasteiger partial charge < -0.3 is 10.1 Å². The van der Waals surface area contributed by atoms with E-state index >= 15 is 0 Å². The summed E-state index contributed by atoms with van der Waals surface area (Å²) in [5.41, 5.74) is 0.282. The first-order chi connectivity index (χ1) is 6.31. The van der Waals surface area contributed by atoms with Gasteiger partial charge in [-0.3, -0.25) is 0 Å². The van der Waals surface area contributed by atoms with Gasteiger partial charge >= 0.3 is 0 Å². The van der Waals surface area contributed by atoms with Crippen LogP contribution >= 0.6 is 0 Å². The molecule has 1 atom stereocenters. The van der Waals surface area contributed by atoms with E-state index in [2.05, 4.69) is 12.2 Å². The molecule has 13 heavy (non-hydrogen) atoms. The van der Waals surface area contributed by atoms with Crippen LogP contribution in [0.4, 0.5) is 0 Å². The van der Waals surface area contributed by atoms with E-state index in [4.69, 9.17) is 4.74 Å².